The molecule has 3 aromatic rings. The molecular formula is C18H14N2O3. The Bertz CT molecular complexity index is 938. The van der Waals surface area contributed by atoms with Crippen LogP contribution in [0.25, 0.3) is 17.0 Å². The standard InChI is InChI=1S/C18H14N2O3/c1-19-12-13(14-6-2-4-8-16(14)19)10-11-18(21)15-7-3-5-9-17(15)20(22)23/h2-12H,1H3/b11-10-. The van der Waals surface area contributed by atoms with Gasteiger partial charge in [0.05, 0.1) is 10.5 Å². The van der Waals surface area contributed by atoms with Crippen LogP contribution in [0.1, 0.15) is 15.9 Å². The van der Waals surface area contributed by atoms with Crippen molar-refractivity contribution in [3.05, 3.63) is 82.0 Å². The summed E-state index contributed by atoms with van der Waals surface area (Å²) in [6, 6.07) is 13.8. The van der Waals surface area contributed by atoms with E-state index in [0.717, 1.165) is 16.5 Å². The quantitative estimate of drug-likeness (QED) is 0.317. The van der Waals surface area contributed by atoms with Gasteiger partial charge in [0.2, 0.25) is 0 Å². The molecule has 0 bridgehead atoms. The summed E-state index contributed by atoms with van der Waals surface area (Å²) in [6.07, 6.45) is 5.00. The molecule has 0 unspecified atom stereocenters. The molecular weight excluding hydrogens is 292 g/mol. The molecule has 0 atom stereocenters. The normalized spacial score (nSPS) is 11.2. The van der Waals surface area contributed by atoms with Gasteiger partial charge in [-0.2, -0.15) is 0 Å². The lowest BCUT2D eigenvalue weighted by Crippen LogP contribution is -2.00. The van der Waals surface area contributed by atoms with Crippen molar-refractivity contribution in [2.75, 3.05) is 0 Å². The molecule has 0 fully saturated rings. The fourth-order valence-electron chi connectivity index (χ4n) is 2.60. The van der Waals surface area contributed by atoms with Gasteiger partial charge in [0.25, 0.3) is 5.69 Å². The average Bonchev–Trinajstić information content (AvgIpc) is 2.89. The number of nitro groups is 1. The van der Waals surface area contributed by atoms with E-state index < -0.39 is 4.92 Å². The van der Waals surface area contributed by atoms with Crippen LogP contribution in [-0.2, 0) is 7.05 Å². The van der Waals surface area contributed by atoms with Crippen molar-refractivity contribution in [2.45, 2.75) is 0 Å². The summed E-state index contributed by atoms with van der Waals surface area (Å²) < 4.78 is 1.98. The SMILES string of the molecule is Cn1cc(/C=C\C(=O)c2ccccc2[N+](=O)[O-])c2ccccc21. The highest BCUT2D eigenvalue weighted by Gasteiger charge is 2.17. The molecule has 0 amide bonds. The van der Waals surface area contributed by atoms with Crippen LogP contribution < -0.4 is 0 Å². The third kappa shape index (κ3) is 2.76. The van der Waals surface area contributed by atoms with E-state index in [9.17, 15) is 14.9 Å². The van der Waals surface area contributed by atoms with Gasteiger partial charge in [-0.25, -0.2) is 0 Å². The molecule has 23 heavy (non-hydrogen) atoms. The van der Waals surface area contributed by atoms with Crippen LogP contribution in [0, 0.1) is 10.1 Å². The number of fused-ring (bicyclic) bond motifs is 1. The van der Waals surface area contributed by atoms with Crippen molar-refractivity contribution >= 4 is 28.4 Å². The summed E-state index contributed by atoms with van der Waals surface area (Å²) in [4.78, 5) is 22.7. The Morgan fingerprint density at radius 3 is 2.61 bits per heavy atom. The van der Waals surface area contributed by atoms with Crippen LogP contribution in [-0.4, -0.2) is 15.3 Å². The Labute approximate surface area is 132 Å². The van der Waals surface area contributed by atoms with E-state index in [-0.39, 0.29) is 17.0 Å². The number of hydrogen-bond acceptors (Lipinski definition) is 3. The lowest BCUT2D eigenvalue weighted by Gasteiger charge is -1.98. The third-order valence-electron chi connectivity index (χ3n) is 3.71. The molecule has 2 aromatic carbocycles. The Balaban J connectivity index is 1.97. The molecule has 0 saturated heterocycles. The number of carbonyl (C=O) groups is 1. The first-order valence-corrected chi connectivity index (χ1v) is 7.08. The summed E-state index contributed by atoms with van der Waals surface area (Å²) in [5, 5.41) is 12.0. The van der Waals surface area contributed by atoms with E-state index in [4.69, 9.17) is 0 Å². The Morgan fingerprint density at radius 2 is 1.83 bits per heavy atom. The van der Waals surface area contributed by atoms with E-state index >= 15 is 0 Å². The Morgan fingerprint density at radius 1 is 1.13 bits per heavy atom. The maximum atomic E-state index is 12.3. The second-order valence-electron chi connectivity index (χ2n) is 5.18. The number of hydrogen-bond donors (Lipinski definition) is 0. The van der Waals surface area contributed by atoms with E-state index in [1.54, 1.807) is 18.2 Å². The molecule has 0 saturated carbocycles. The highest BCUT2D eigenvalue weighted by atomic mass is 16.6. The van der Waals surface area contributed by atoms with Crippen molar-refractivity contribution in [1.82, 2.24) is 4.57 Å². The first-order valence-electron chi connectivity index (χ1n) is 7.08. The molecule has 3 rings (SSSR count). The monoisotopic (exact) mass is 306 g/mol. The van der Waals surface area contributed by atoms with Gasteiger partial charge >= 0.3 is 0 Å². The van der Waals surface area contributed by atoms with Crippen molar-refractivity contribution in [1.29, 1.82) is 0 Å². The number of aromatic nitrogens is 1. The van der Waals surface area contributed by atoms with E-state index in [1.807, 2.05) is 42.1 Å². The van der Waals surface area contributed by atoms with Crippen LogP contribution in [0.3, 0.4) is 0 Å². The second kappa shape index (κ2) is 5.88. The van der Waals surface area contributed by atoms with Gasteiger partial charge in [-0.3, -0.25) is 14.9 Å². The number of aryl methyl sites for hydroxylation is 1. The maximum Gasteiger partial charge on any atom is 0.280 e. The molecule has 1 heterocycles. The largest absolute Gasteiger partial charge is 0.350 e. The highest BCUT2D eigenvalue weighted by Crippen LogP contribution is 2.23. The topological polar surface area (TPSA) is 65.1 Å². The first kappa shape index (κ1) is 14.7. The van der Waals surface area contributed by atoms with Gasteiger partial charge in [-0.05, 0) is 24.3 Å². The predicted octanol–water partition coefficient (Wildman–Crippen LogP) is 3.98. The first-order chi connectivity index (χ1) is 11.1. The minimum absolute atomic E-state index is 0.0917. The van der Waals surface area contributed by atoms with E-state index in [0.29, 0.717) is 0 Å². The molecule has 114 valence electrons. The lowest BCUT2D eigenvalue weighted by molar-refractivity contribution is -0.385. The summed E-state index contributed by atoms with van der Waals surface area (Å²) in [7, 11) is 1.93. The van der Waals surface area contributed by atoms with Gasteiger partial charge in [-0.1, -0.05) is 30.3 Å². The van der Waals surface area contributed by atoms with Gasteiger partial charge in [-0.15, -0.1) is 0 Å². The lowest BCUT2D eigenvalue weighted by atomic mass is 10.1. The van der Waals surface area contributed by atoms with Crippen molar-refractivity contribution < 1.29 is 9.72 Å². The average molecular weight is 306 g/mol. The summed E-state index contributed by atoms with van der Waals surface area (Å²) >= 11 is 0. The minimum atomic E-state index is -0.543. The second-order valence-corrected chi connectivity index (χ2v) is 5.18. The van der Waals surface area contributed by atoms with Crippen LogP contribution >= 0.6 is 0 Å². The molecule has 0 aliphatic carbocycles. The molecule has 0 aliphatic rings. The number of carbonyl (C=O) groups excluding carboxylic acids is 1. The fourth-order valence-corrected chi connectivity index (χ4v) is 2.60. The van der Waals surface area contributed by atoms with Crippen molar-refractivity contribution in [3.8, 4) is 0 Å². The van der Waals surface area contributed by atoms with Crippen LogP contribution in [0.5, 0.6) is 0 Å². The van der Waals surface area contributed by atoms with Crippen LogP contribution in [0.4, 0.5) is 5.69 Å². The number of ketones is 1. The molecule has 0 aliphatic heterocycles. The molecule has 5 nitrogen and oxygen atoms in total. The zero-order chi connectivity index (χ0) is 16.4. The van der Waals surface area contributed by atoms with Crippen molar-refractivity contribution in [2.24, 2.45) is 7.05 Å². The molecule has 1 aromatic heterocycles. The minimum Gasteiger partial charge on any atom is -0.350 e. The van der Waals surface area contributed by atoms with Crippen molar-refractivity contribution in [3.63, 3.8) is 0 Å². The van der Waals surface area contributed by atoms with Crippen LogP contribution in [0.2, 0.25) is 0 Å². The Kier molecular flexibility index (Phi) is 3.76. The summed E-state index contributed by atoms with van der Waals surface area (Å²) in [5.74, 6) is -0.384. The zero-order valence-corrected chi connectivity index (χ0v) is 12.5. The van der Waals surface area contributed by atoms with Gasteiger partial charge in [0, 0.05) is 35.8 Å². The number of para-hydroxylation sites is 2. The van der Waals surface area contributed by atoms with Gasteiger partial charge < -0.3 is 4.57 Å². The fraction of sp³-hybridized carbons (Fsp3) is 0.0556. The third-order valence-corrected chi connectivity index (χ3v) is 3.71. The zero-order valence-electron chi connectivity index (χ0n) is 12.5. The molecule has 0 radical (unpaired) electrons. The number of nitro benzene ring substituents is 1. The number of rotatable bonds is 4. The number of benzene rings is 2. The van der Waals surface area contributed by atoms with Crippen LogP contribution in [0.15, 0.2) is 60.8 Å². The molecule has 0 spiro atoms. The summed E-state index contributed by atoms with van der Waals surface area (Å²) in [6.45, 7) is 0. The molecule has 5 heteroatoms. The van der Waals surface area contributed by atoms with Gasteiger partial charge in [0.1, 0.15) is 0 Å². The summed E-state index contributed by atoms with van der Waals surface area (Å²) in [5.41, 5.74) is 1.87. The number of allylic oxidation sites excluding steroid dienone is 1. The smallest absolute Gasteiger partial charge is 0.280 e. The number of nitrogens with zero attached hydrogens (tertiary/aromatic N) is 2. The van der Waals surface area contributed by atoms with E-state index in [1.165, 1.54) is 18.2 Å². The molecule has 0 N–H and O–H groups in total. The van der Waals surface area contributed by atoms with E-state index in [2.05, 4.69) is 0 Å². The Hall–Kier alpha value is -3.21. The van der Waals surface area contributed by atoms with Gasteiger partial charge in [0.15, 0.2) is 5.78 Å². The maximum absolute atomic E-state index is 12.3. The predicted molar refractivity (Wildman–Crippen MR) is 89.4 cm³/mol. The highest BCUT2D eigenvalue weighted by molar-refractivity contribution is 6.10.